The largest absolute Gasteiger partial charge is 0.324 e. The molecule has 1 rings (SSSR count). The van der Waals surface area contributed by atoms with Gasteiger partial charge in [-0.05, 0) is 36.6 Å². The summed E-state index contributed by atoms with van der Waals surface area (Å²) in [7, 11) is 0. The molecule has 1 atom stereocenters. The van der Waals surface area contributed by atoms with Crippen LogP contribution < -0.4 is 5.73 Å². The Bertz CT molecular complexity index is 269. The van der Waals surface area contributed by atoms with Crippen molar-refractivity contribution >= 4 is 15.9 Å². The van der Waals surface area contributed by atoms with Crippen LogP contribution in [-0.2, 0) is 6.42 Å². The molecule has 1 unspecified atom stereocenters. The van der Waals surface area contributed by atoms with Gasteiger partial charge in [0.25, 0.3) is 0 Å². The smallest absolute Gasteiger partial charge is 0.0268 e. The zero-order chi connectivity index (χ0) is 9.14. The first kappa shape index (κ1) is 9.75. The molecule has 1 aromatic rings. The van der Waals surface area contributed by atoms with Crippen LogP contribution in [0.15, 0.2) is 22.7 Å². The first-order chi connectivity index (χ1) is 5.65. The van der Waals surface area contributed by atoms with Gasteiger partial charge in [-0.25, -0.2) is 0 Å². The van der Waals surface area contributed by atoms with E-state index in [4.69, 9.17) is 5.73 Å². The highest BCUT2D eigenvalue weighted by molar-refractivity contribution is 9.10. The summed E-state index contributed by atoms with van der Waals surface area (Å²) in [6.45, 7) is 4.16. The average Bonchev–Trinajstić information content (AvgIpc) is 2.03. The molecule has 0 aliphatic rings. The van der Waals surface area contributed by atoms with Crippen molar-refractivity contribution in [2.45, 2.75) is 26.3 Å². The molecule has 0 saturated heterocycles. The minimum absolute atomic E-state index is 0.132. The van der Waals surface area contributed by atoms with Crippen LogP contribution in [0, 0.1) is 0 Å². The van der Waals surface area contributed by atoms with Gasteiger partial charge in [0.2, 0.25) is 0 Å². The Morgan fingerprint density at radius 3 is 2.67 bits per heavy atom. The second-order valence-electron chi connectivity index (χ2n) is 2.99. The molecule has 66 valence electrons. The van der Waals surface area contributed by atoms with Gasteiger partial charge in [0.05, 0.1) is 0 Å². The molecular formula is C10H14BrN. The highest BCUT2D eigenvalue weighted by Gasteiger charge is 2.04. The second-order valence-corrected chi connectivity index (χ2v) is 3.90. The molecule has 0 bridgehead atoms. The monoisotopic (exact) mass is 227 g/mol. The lowest BCUT2D eigenvalue weighted by Gasteiger charge is -2.11. The Morgan fingerprint density at radius 2 is 2.17 bits per heavy atom. The third-order valence-corrected chi connectivity index (χ3v) is 2.47. The number of halogens is 1. The Kier molecular flexibility index (Phi) is 3.29. The molecule has 0 aromatic heterocycles. The molecule has 0 aliphatic heterocycles. The van der Waals surface area contributed by atoms with Crippen LogP contribution in [-0.4, -0.2) is 0 Å². The lowest BCUT2D eigenvalue weighted by Crippen LogP contribution is -2.07. The number of rotatable bonds is 2. The Morgan fingerprint density at radius 1 is 1.50 bits per heavy atom. The van der Waals surface area contributed by atoms with E-state index in [2.05, 4.69) is 35.0 Å². The Hall–Kier alpha value is -0.340. The van der Waals surface area contributed by atoms with Gasteiger partial charge in [-0.1, -0.05) is 28.9 Å². The molecular weight excluding hydrogens is 214 g/mol. The van der Waals surface area contributed by atoms with Gasteiger partial charge < -0.3 is 5.73 Å². The van der Waals surface area contributed by atoms with Crippen molar-refractivity contribution in [3.8, 4) is 0 Å². The van der Waals surface area contributed by atoms with Gasteiger partial charge in [0.1, 0.15) is 0 Å². The maximum Gasteiger partial charge on any atom is 0.0268 e. The predicted octanol–water partition coefficient (Wildman–Crippen LogP) is 3.03. The van der Waals surface area contributed by atoms with E-state index in [1.165, 1.54) is 11.1 Å². The van der Waals surface area contributed by atoms with Crippen molar-refractivity contribution in [2.75, 3.05) is 0 Å². The van der Waals surface area contributed by atoms with Crippen molar-refractivity contribution in [1.29, 1.82) is 0 Å². The second kappa shape index (κ2) is 4.06. The molecule has 1 nitrogen and oxygen atoms in total. The molecule has 2 heteroatoms. The van der Waals surface area contributed by atoms with Crippen molar-refractivity contribution in [3.05, 3.63) is 33.8 Å². The topological polar surface area (TPSA) is 26.0 Å². The van der Waals surface area contributed by atoms with Gasteiger partial charge >= 0.3 is 0 Å². The quantitative estimate of drug-likeness (QED) is 0.827. The molecule has 12 heavy (non-hydrogen) atoms. The van der Waals surface area contributed by atoms with E-state index in [0.717, 1.165) is 10.9 Å². The third-order valence-electron chi connectivity index (χ3n) is 1.98. The number of hydrogen-bond donors (Lipinski definition) is 1. The minimum atomic E-state index is 0.132. The van der Waals surface area contributed by atoms with E-state index < -0.39 is 0 Å². The summed E-state index contributed by atoms with van der Waals surface area (Å²) < 4.78 is 1.13. The standard InChI is InChI=1S/C10H14BrN/c1-3-8-6-9(11)4-5-10(8)7(2)12/h4-7H,3,12H2,1-2H3. The van der Waals surface area contributed by atoms with E-state index in [9.17, 15) is 0 Å². The fourth-order valence-electron chi connectivity index (χ4n) is 1.32. The van der Waals surface area contributed by atoms with Crippen molar-refractivity contribution in [1.82, 2.24) is 0 Å². The molecule has 0 amide bonds. The zero-order valence-electron chi connectivity index (χ0n) is 7.47. The predicted molar refractivity (Wildman–Crippen MR) is 56.1 cm³/mol. The van der Waals surface area contributed by atoms with Crippen LogP contribution in [0.1, 0.15) is 31.0 Å². The Balaban J connectivity index is 3.11. The molecule has 0 spiro atoms. The van der Waals surface area contributed by atoms with E-state index in [0.29, 0.717) is 0 Å². The number of aryl methyl sites for hydroxylation is 1. The number of benzene rings is 1. The summed E-state index contributed by atoms with van der Waals surface area (Å²) >= 11 is 3.45. The van der Waals surface area contributed by atoms with Crippen LogP contribution in [0.3, 0.4) is 0 Å². The molecule has 1 aromatic carbocycles. The highest BCUT2D eigenvalue weighted by atomic mass is 79.9. The summed E-state index contributed by atoms with van der Waals surface area (Å²) in [6.07, 6.45) is 1.04. The van der Waals surface area contributed by atoms with E-state index in [1.807, 2.05) is 13.0 Å². The summed E-state index contributed by atoms with van der Waals surface area (Å²) in [5.41, 5.74) is 8.41. The van der Waals surface area contributed by atoms with Gasteiger partial charge in [0.15, 0.2) is 0 Å². The summed E-state index contributed by atoms with van der Waals surface area (Å²) in [5, 5.41) is 0. The SMILES string of the molecule is CCc1cc(Br)ccc1C(C)N. The number of hydrogen-bond acceptors (Lipinski definition) is 1. The average molecular weight is 228 g/mol. The van der Waals surface area contributed by atoms with Crippen LogP contribution in [0.25, 0.3) is 0 Å². The van der Waals surface area contributed by atoms with Crippen LogP contribution in [0.5, 0.6) is 0 Å². The number of nitrogens with two attached hydrogens (primary N) is 1. The first-order valence-electron chi connectivity index (χ1n) is 4.19. The lowest BCUT2D eigenvalue weighted by atomic mass is 10.0. The zero-order valence-corrected chi connectivity index (χ0v) is 9.06. The van der Waals surface area contributed by atoms with Crippen molar-refractivity contribution in [3.63, 3.8) is 0 Å². The molecule has 0 fully saturated rings. The fourth-order valence-corrected chi connectivity index (χ4v) is 1.73. The van der Waals surface area contributed by atoms with Crippen LogP contribution in [0.4, 0.5) is 0 Å². The summed E-state index contributed by atoms with van der Waals surface area (Å²) in [6, 6.07) is 6.40. The van der Waals surface area contributed by atoms with Gasteiger partial charge in [-0.3, -0.25) is 0 Å². The van der Waals surface area contributed by atoms with Crippen molar-refractivity contribution in [2.24, 2.45) is 5.73 Å². The molecule has 0 aliphatic carbocycles. The summed E-state index contributed by atoms with van der Waals surface area (Å²) in [5.74, 6) is 0. The van der Waals surface area contributed by atoms with Gasteiger partial charge in [-0.2, -0.15) is 0 Å². The Labute approximate surface area is 82.1 Å². The van der Waals surface area contributed by atoms with E-state index >= 15 is 0 Å². The van der Waals surface area contributed by atoms with Gasteiger partial charge in [0, 0.05) is 10.5 Å². The fraction of sp³-hybridized carbons (Fsp3) is 0.400. The van der Waals surface area contributed by atoms with Crippen LogP contribution >= 0.6 is 15.9 Å². The van der Waals surface area contributed by atoms with Gasteiger partial charge in [-0.15, -0.1) is 0 Å². The molecule has 2 N–H and O–H groups in total. The molecule has 0 radical (unpaired) electrons. The van der Waals surface area contributed by atoms with Crippen LogP contribution in [0.2, 0.25) is 0 Å². The maximum absolute atomic E-state index is 5.82. The lowest BCUT2D eigenvalue weighted by molar-refractivity contribution is 0.800. The van der Waals surface area contributed by atoms with E-state index in [-0.39, 0.29) is 6.04 Å². The van der Waals surface area contributed by atoms with Crippen molar-refractivity contribution < 1.29 is 0 Å². The van der Waals surface area contributed by atoms with E-state index in [1.54, 1.807) is 0 Å². The summed E-state index contributed by atoms with van der Waals surface area (Å²) in [4.78, 5) is 0. The third kappa shape index (κ3) is 2.08. The normalized spacial score (nSPS) is 13.0. The first-order valence-corrected chi connectivity index (χ1v) is 4.98. The molecule has 0 heterocycles. The highest BCUT2D eigenvalue weighted by Crippen LogP contribution is 2.21. The maximum atomic E-state index is 5.82. The minimum Gasteiger partial charge on any atom is -0.324 e. The molecule has 0 saturated carbocycles.